The SMILES string of the molecule is CCNC(=O)CCCCCCC(=O)O. The van der Waals surface area contributed by atoms with Crippen LogP contribution in [0.5, 0.6) is 0 Å². The summed E-state index contributed by atoms with van der Waals surface area (Å²) in [5.41, 5.74) is 0. The van der Waals surface area contributed by atoms with E-state index in [1.165, 1.54) is 0 Å². The first-order valence-corrected chi connectivity index (χ1v) is 5.15. The lowest BCUT2D eigenvalue weighted by molar-refractivity contribution is -0.137. The van der Waals surface area contributed by atoms with Crippen molar-refractivity contribution in [1.29, 1.82) is 0 Å². The van der Waals surface area contributed by atoms with Gasteiger partial charge in [0.25, 0.3) is 0 Å². The summed E-state index contributed by atoms with van der Waals surface area (Å²) in [6.07, 6.45) is 4.19. The van der Waals surface area contributed by atoms with Crippen LogP contribution in [0.15, 0.2) is 0 Å². The van der Waals surface area contributed by atoms with Gasteiger partial charge in [0.15, 0.2) is 0 Å². The minimum absolute atomic E-state index is 0.0886. The maximum Gasteiger partial charge on any atom is 0.303 e. The van der Waals surface area contributed by atoms with E-state index in [1.807, 2.05) is 6.92 Å². The van der Waals surface area contributed by atoms with Crippen LogP contribution in [-0.2, 0) is 9.59 Å². The number of unbranched alkanes of at least 4 members (excludes halogenated alkanes) is 3. The lowest BCUT2D eigenvalue weighted by Crippen LogP contribution is -2.21. The number of nitrogens with one attached hydrogen (secondary N) is 1. The van der Waals surface area contributed by atoms with Crippen molar-refractivity contribution in [2.75, 3.05) is 6.54 Å². The summed E-state index contributed by atoms with van der Waals surface area (Å²) < 4.78 is 0. The maximum absolute atomic E-state index is 11.0. The Kier molecular flexibility index (Phi) is 7.89. The fourth-order valence-electron chi connectivity index (χ4n) is 1.20. The van der Waals surface area contributed by atoms with Crippen molar-refractivity contribution in [3.05, 3.63) is 0 Å². The number of carboxylic acid groups (broad SMARTS) is 1. The first-order chi connectivity index (χ1) is 6.66. The molecule has 0 bridgehead atoms. The van der Waals surface area contributed by atoms with E-state index < -0.39 is 5.97 Å². The van der Waals surface area contributed by atoms with Gasteiger partial charge in [-0.2, -0.15) is 0 Å². The second-order valence-corrected chi connectivity index (χ2v) is 3.26. The van der Waals surface area contributed by atoms with E-state index in [9.17, 15) is 9.59 Å². The topological polar surface area (TPSA) is 66.4 Å². The van der Waals surface area contributed by atoms with Gasteiger partial charge < -0.3 is 10.4 Å². The first kappa shape index (κ1) is 12.9. The lowest BCUT2D eigenvalue weighted by Gasteiger charge is -2.01. The van der Waals surface area contributed by atoms with Crippen molar-refractivity contribution >= 4 is 11.9 Å². The van der Waals surface area contributed by atoms with Gasteiger partial charge in [-0.3, -0.25) is 9.59 Å². The molecule has 0 saturated heterocycles. The molecule has 0 heterocycles. The van der Waals surface area contributed by atoms with Crippen LogP contribution in [0, 0.1) is 0 Å². The van der Waals surface area contributed by atoms with Gasteiger partial charge in [-0.25, -0.2) is 0 Å². The molecule has 0 atom stereocenters. The van der Waals surface area contributed by atoms with Crippen LogP contribution in [-0.4, -0.2) is 23.5 Å². The number of aliphatic carboxylic acids is 1. The van der Waals surface area contributed by atoms with Gasteiger partial charge in [-0.1, -0.05) is 12.8 Å². The Bertz CT molecular complexity index is 180. The minimum atomic E-state index is -0.742. The highest BCUT2D eigenvalue weighted by Gasteiger charge is 1.99. The third kappa shape index (κ3) is 9.03. The van der Waals surface area contributed by atoms with Crippen molar-refractivity contribution in [2.45, 2.75) is 45.4 Å². The summed E-state index contributed by atoms with van der Waals surface area (Å²) in [6.45, 7) is 2.57. The summed E-state index contributed by atoms with van der Waals surface area (Å²) in [5, 5.41) is 11.1. The highest BCUT2D eigenvalue weighted by atomic mass is 16.4. The standard InChI is InChI=1S/C10H19NO3/c1-2-11-9(12)7-5-3-4-6-8-10(13)14/h2-8H2,1H3,(H,11,12)(H,13,14). The average Bonchev–Trinajstić information content (AvgIpc) is 2.11. The Labute approximate surface area is 84.7 Å². The Balaban J connectivity index is 3.13. The molecule has 0 aromatic rings. The van der Waals surface area contributed by atoms with Crippen LogP contribution in [0.4, 0.5) is 0 Å². The fourth-order valence-corrected chi connectivity index (χ4v) is 1.20. The number of carbonyl (C=O) groups is 2. The molecule has 0 aromatic carbocycles. The van der Waals surface area contributed by atoms with Crippen molar-refractivity contribution in [2.24, 2.45) is 0 Å². The summed E-state index contributed by atoms with van der Waals surface area (Å²) in [6, 6.07) is 0. The molecule has 0 aromatic heterocycles. The highest BCUT2D eigenvalue weighted by molar-refractivity contribution is 5.75. The van der Waals surface area contributed by atoms with Crippen LogP contribution in [0.1, 0.15) is 45.4 Å². The van der Waals surface area contributed by atoms with E-state index in [-0.39, 0.29) is 12.3 Å². The van der Waals surface area contributed by atoms with Crippen LogP contribution in [0.25, 0.3) is 0 Å². The molecule has 4 nitrogen and oxygen atoms in total. The molecular formula is C10H19NO3. The summed E-state index contributed by atoms with van der Waals surface area (Å²) in [5.74, 6) is -0.653. The predicted molar refractivity (Wildman–Crippen MR) is 54.0 cm³/mol. The maximum atomic E-state index is 11.0. The van der Waals surface area contributed by atoms with Gasteiger partial charge in [0.05, 0.1) is 0 Å². The molecule has 14 heavy (non-hydrogen) atoms. The van der Waals surface area contributed by atoms with Gasteiger partial charge >= 0.3 is 5.97 Å². The van der Waals surface area contributed by atoms with E-state index >= 15 is 0 Å². The van der Waals surface area contributed by atoms with Crippen molar-refractivity contribution in [3.8, 4) is 0 Å². The molecule has 0 radical (unpaired) electrons. The Hall–Kier alpha value is -1.06. The van der Waals surface area contributed by atoms with Gasteiger partial charge in [-0.15, -0.1) is 0 Å². The zero-order valence-corrected chi connectivity index (χ0v) is 8.71. The van der Waals surface area contributed by atoms with Gasteiger partial charge in [0.2, 0.25) is 5.91 Å². The molecule has 0 unspecified atom stereocenters. The highest BCUT2D eigenvalue weighted by Crippen LogP contribution is 2.05. The number of carboxylic acids is 1. The number of amides is 1. The third-order valence-corrected chi connectivity index (χ3v) is 1.92. The van der Waals surface area contributed by atoms with E-state index in [4.69, 9.17) is 5.11 Å². The molecule has 0 aliphatic heterocycles. The minimum Gasteiger partial charge on any atom is -0.481 e. The zero-order valence-electron chi connectivity index (χ0n) is 8.71. The molecule has 0 rings (SSSR count). The molecule has 0 saturated carbocycles. The van der Waals surface area contributed by atoms with Crippen molar-refractivity contribution in [3.63, 3.8) is 0 Å². The zero-order chi connectivity index (χ0) is 10.8. The number of hydrogen-bond acceptors (Lipinski definition) is 2. The Morgan fingerprint density at radius 2 is 1.64 bits per heavy atom. The third-order valence-electron chi connectivity index (χ3n) is 1.92. The Morgan fingerprint density at radius 1 is 1.07 bits per heavy atom. The summed E-state index contributed by atoms with van der Waals surface area (Å²) in [4.78, 5) is 21.1. The molecule has 2 N–H and O–H groups in total. The number of hydrogen-bond donors (Lipinski definition) is 2. The predicted octanol–water partition coefficient (Wildman–Crippen LogP) is 1.55. The van der Waals surface area contributed by atoms with Crippen LogP contribution in [0.2, 0.25) is 0 Å². The van der Waals surface area contributed by atoms with Crippen LogP contribution < -0.4 is 5.32 Å². The molecule has 1 amide bonds. The monoisotopic (exact) mass is 201 g/mol. The Morgan fingerprint density at radius 3 is 2.14 bits per heavy atom. The van der Waals surface area contributed by atoms with Gasteiger partial charge in [-0.05, 0) is 19.8 Å². The largest absolute Gasteiger partial charge is 0.481 e. The first-order valence-electron chi connectivity index (χ1n) is 5.15. The van der Waals surface area contributed by atoms with Crippen LogP contribution in [0.3, 0.4) is 0 Å². The molecule has 0 aliphatic carbocycles. The van der Waals surface area contributed by atoms with E-state index in [0.29, 0.717) is 19.4 Å². The van der Waals surface area contributed by atoms with Crippen molar-refractivity contribution in [1.82, 2.24) is 5.32 Å². The van der Waals surface area contributed by atoms with Gasteiger partial charge in [0, 0.05) is 19.4 Å². The second kappa shape index (κ2) is 8.53. The lowest BCUT2D eigenvalue weighted by atomic mass is 10.1. The summed E-state index contributed by atoms with van der Waals surface area (Å²) >= 11 is 0. The van der Waals surface area contributed by atoms with E-state index in [0.717, 1.165) is 19.3 Å². The normalized spacial score (nSPS) is 9.79. The van der Waals surface area contributed by atoms with Gasteiger partial charge in [0.1, 0.15) is 0 Å². The number of carbonyl (C=O) groups excluding carboxylic acids is 1. The quantitative estimate of drug-likeness (QED) is 0.585. The van der Waals surface area contributed by atoms with Crippen LogP contribution >= 0.6 is 0 Å². The average molecular weight is 201 g/mol. The molecular weight excluding hydrogens is 182 g/mol. The fraction of sp³-hybridized carbons (Fsp3) is 0.800. The number of rotatable bonds is 8. The summed E-state index contributed by atoms with van der Waals surface area (Å²) in [7, 11) is 0. The molecule has 0 aliphatic rings. The van der Waals surface area contributed by atoms with Crippen molar-refractivity contribution < 1.29 is 14.7 Å². The second-order valence-electron chi connectivity index (χ2n) is 3.26. The van der Waals surface area contributed by atoms with E-state index in [1.54, 1.807) is 0 Å². The smallest absolute Gasteiger partial charge is 0.303 e. The molecule has 4 heteroatoms. The molecule has 0 spiro atoms. The molecule has 0 fully saturated rings. The molecule has 82 valence electrons. The van der Waals surface area contributed by atoms with E-state index in [2.05, 4.69) is 5.32 Å².